The lowest BCUT2D eigenvalue weighted by Crippen LogP contribution is -2.44. The van der Waals surface area contributed by atoms with Gasteiger partial charge in [0.2, 0.25) is 0 Å². The van der Waals surface area contributed by atoms with Crippen molar-refractivity contribution in [1.29, 1.82) is 0 Å². The van der Waals surface area contributed by atoms with Crippen molar-refractivity contribution < 1.29 is 22.6 Å². The molecule has 2 aliphatic rings. The van der Waals surface area contributed by atoms with E-state index in [2.05, 4.69) is 20.5 Å². The summed E-state index contributed by atoms with van der Waals surface area (Å²) in [5.41, 5.74) is 0.140. The van der Waals surface area contributed by atoms with Gasteiger partial charge in [-0.05, 0) is 17.7 Å². The number of aliphatic imine (C=N–C) groups is 1. The molecule has 7 nitrogen and oxygen atoms in total. The quantitative estimate of drug-likeness (QED) is 0.529. The van der Waals surface area contributed by atoms with Crippen LogP contribution in [-0.2, 0) is 22.2 Å². The highest BCUT2D eigenvalue weighted by atomic mass is 19.4. The van der Waals surface area contributed by atoms with E-state index in [1.165, 1.54) is 6.07 Å². The summed E-state index contributed by atoms with van der Waals surface area (Å²) < 4.78 is 51.6. The van der Waals surface area contributed by atoms with Crippen LogP contribution in [0.3, 0.4) is 0 Å². The molecule has 10 heteroatoms. The molecule has 0 bridgehead atoms. The second-order valence-electron chi connectivity index (χ2n) is 7.25. The van der Waals surface area contributed by atoms with Gasteiger partial charge in [-0.15, -0.1) is 0 Å². The summed E-state index contributed by atoms with van der Waals surface area (Å²) in [7, 11) is 1.61. The molecule has 2 saturated heterocycles. The third-order valence-corrected chi connectivity index (χ3v) is 5.27. The molecule has 0 unspecified atom stereocenters. The number of halogens is 3. The maximum atomic E-state index is 13.7. The summed E-state index contributed by atoms with van der Waals surface area (Å²) in [5, 5.41) is 6.16. The molecule has 2 N–H and O–H groups in total. The first-order valence-corrected chi connectivity index (χ1v) is 10.2. The van der Waals surface area contributed by atoms with Crippen LogP contribution < -0.4 is 15.5 Å². The van der Waals surface area contributed by atoms with Crippen molar-refractivity contribution in [2.24, 2.45) is 4.99 Å². The summed E-state index contributed by atoms with van der Waals surface area (Å²) in [6.45, 7) is 6.98. The summed E-state index contributed by atoms with van der Waals surface area (Å²) in [6, 6.07) is 4.52. The van der Waals surface area contributed by atoms with Crippen LogP contribution in [0.4, 0.5) is 18.9 Å². The third kappa shape index (κ3) is 6.48. The molecule has 0 amide bonds. The van der Waals surface area contributed by atoms with E-state index in [1.807, 2.05) is 4.90 Å². The van der Waals surface area contributed by atoms with Gasteiger partial charge in [0.15, 0.2) is 5.96 Å². The molecule has 1 aromatic rings. The summed E-state index contributed by atoms with van der Waals surface area (Å²) >= 11 is 0. The molecule has 2 fully saturated rings. The minimum atomic E-state index is -4.42. The van der Waals surface area contributed by atoms with Gasteiger partial charge in [0.05, 0.1) is 32.0 Å². The van der Waals surface area contributed by atoms with Crippen molar-refractivity contribution in [2.45, 2.75) is 12.7 Å². The van der Waals surface area contributed by atoms with E-state index in [1.54, 1.807) is 19.2 Å². The normalized spacial score (nSPS) is 19.1. The minimum absolute atomic E-state index is 0.0372. The Labute approximate surface area is 175 Å². The van der Waals surface area contributed by atoms with Crippen molar-refractivity contribution in [2.75, 3.05) is 77.6 Å². The molecule has 2 heterocycles. The maximum absolute atomic E-state index is 13.7. The van der Waals surface area contributed by atoms with Crippen LogP contribution in [0.15, 0.2) is 23.2 Å². The molecule has 0 atom stereocenters. The molecular weight excluding hydrogens is 399 g/mol. The Balaban J connectivity index is 1.58. The Morgan fingerprint density at radius 2 is 1.70 bits per heavy atom. The van der Waals surface area contributed by atoms with Gasteiger partial charge in [-0.2, -0.15) is 13.2 Å². The lowest BCUT2D eigenvalue weighted by atomic mass is 10.0. The van der Waals surface area contributed by atoms with Gasteiger partial charge >= 0.3 is 6.18 Å². The Kier molecular flexibility index (Phi) is 8.17. The Morgan fingerprint density at radius 3 is 2.33 bits per heavy atom. The Hall–Kier alpha value is -2.04. The van der Waals surface area contributed by atoms with Crippen LogP contribution in [0.1, 0.15) is 11.1 Å². The largest absolute Gasteiger partial charge is 0.416 e. The molecule has 1 aromatic carbocycles. The van der Waals surface area contributed by atoms with Gasteiger partial charge in [0.25, 0.3) is 0 Å². The first kappa shape index (κ1) is 22.6. The number of nitrogens with one attached hydrogen (secondary N) is 2. The monoisotopic (exact) mass is 429 g/mol. The zero-order chi connectivity index (χ0) is 21.4. The number of rotatable bonds is 6. The number of morpholine rings is 2. The van der Waals surface area contributed by atoms with E-state index >= 15 is 0 Å². The zero-order valence-electron chi connectivity index (χ0n) is 17.3. The van der Waals surface area contributed by atoms with E-state index in [-0.39, 0.29) is 12.1 Å². The minimum Gasteiger partial charge on any atom is -0.379 e. The van der Waals surface area contributed by atoms with E-state index in [0.717, 1.165) is 32.8 Å². The Morgan fingerprint density at radius 1 is 1.03 bits per heavy atom. The van der Waals surface area contributed by atoms with Crippen molar-refractivity contribution >= 4 is 11.6 Å². The molecule has 0 spiro atoms. The molecule has 3 rings (SSSR count). The molecule has 168 valence electrons. The molecule has 0 saturated carbocycles. The lowest BCUT2D eigenvalue weighted by molar-refractivity contribution is -0.138. The maximum Gasteiger partial charge on any atom is 0.416 e. The first-order chi connectivity index (χ1) is 14.5. The van der Waals surface area contributed by atoms with Gasteiger partial charge in [-0.1, -0.05) is 6.07 Å². The van der Waals surface area contributed by atoms with E-state index < -0.39 is 11.7 Å². The Bertz CT molecular complexity index is 702. The van der Waals surface area contributed by atoms with Crippen LogP contribution in [0.2, 0.25) is 0 Å². The molecule has 30 heavy (non-hydrogen) atoms. The number of anilines is 1. The number of guanidine groups is 1. The average molecular weight is 429 g/mol. The van der Waals surface area contributed by atoms with Gasteiger partial charge in [-0.3, -0.25) is 9.89 Å². The lowest BCUT2D eigenvalue weighted by Gasteiger charge is -2.30. The third-order valence-electron chi connectivity index (χ3n) is 5.27. The highest BCUT2D eigenvalue weighted by molar-refractivity contribution is 5.79. The number of ether oxygens (including phenoxy) is 2. The van der Waals surface area contributed by atoms with Crippen LogP contribution in [0.25, 0.3) is 0 Å². The molecule has 0 aliphatic carbocycles. The smallest absolute Gasteiger partial charge is 0.379 e. The predicted octanol–water partition coefficient (Wildman–Crippen LogP) is 1.54. The first-order valence-electron chi connectivity index (χ1n) is 10.2. The van der Waals surface area contributed by atoms with E-state index in [9.17, 15) is 13.2 Å². The summed E-state index contributed by atoms with van der Waals surface area (Å²) in [4.78, 5) is 8.31. The second-order valence-corrected chi connectivity index (χ2v) is 7.25. The molecule has 0 aromatic heterocycles. The van der Waals surface area contributed by atoms with Crippen LogP contribution in [0.5, 0.6) is 0 Å². The van der Waals surface area contributed by atoms with Gasteiger partial charge in [-0.25, -0.2) is 0 Å². The van der Waals surface area contributed by atoms with Crippen LogP contribution >= 0.6 is 0 Å². The van der Waals surface area contributed by atoms with Gasteiger partial charge in [0.1, 0.15) is 0 Å². The summed E-state index contributed by atoms with van der Waals surface area (Å²) in [6.07, 6.45) is -4.42. The zero-order valence-corrected chi connectivity index (χ0v) is 17.3. The van der Waals surface area contributed by atoms with E-state index in [0.29, 0.717) is 44.5 Å². The van der Waals surface area contributed by atoms with Crippen molar-refractivity contribution in [3.8, 4) is 0 Å². The SMILES string of the molecule is CN=C(NCCN1CCOCC1)NCc1ccc(N2CCOCC2)cc1C(F)(F)F. The molecule has 2 aliphatic heterocycles. The average Bonchev–Trinajstić information content (AvgIpc) is 2.76. The van der Waals surface area contributed by atoms with Crippen molar-refractivity contribution in [1.82, 2.24) is 15.5 Å². The fraction of sp³-hybridized carbons (Fsp3) is 0.650. The molecular formula is C20H30F3N5O2. The predicted molar refractivity (Wildman–Crippen MR) is 110 cm³/mol. The number of benzene rings is 1. The van der Waals surface area contributed by atoms with Gasteiger partial charge in [0, 0.05) is 58.5 Å². The number of nitrogens with zero attached hydrogens (tertiary/aromatic N) is 3. The topological polar surface area (TPSA) is 61.4 Å². The standard InChI is InChI=1S/C20H30F3N5O2/c1-24-19(25-4-5-27-6-10-29-11-7-27)26-15-16-2-3-17(14-18(16)20(21,22)23)28-8-12-30-13-9-28/h2-3,14H,4-13,15H2,1H3,(H2,24,25,26). The number of alkyl halides is 3. The van der Waals surface area contributed by atoms with Crippen molar-refractivity contribution in [3.05, 3.63) is 29.3 Å². The summed E-state index contributed by atoms with van der Waals surface area (Å²) in [5.74, 6) is 0.480. The fourth-order valence-electron chi connectivity index (χ4n) is 3.56. The van der Waals surface area contributed by atoms with Crippen LogP contribution in [-0.4, -0.2) is 83.6 Å². The van der Waals surface area contributed by atoms with Crippen molar-refractivity contribution in [3.63, 3.8) is 0 Å². The number of hydrogen-bond donors (Lipinski definition) is 2. The number of hydrogen-bond acceptors (Lipinski definition) is 5. The van der Waals surface area contributed by atoms with Crippen LogP contribution in [0, 0.1) is 0 Å². The second kappa shape index (κ2) is 10.8. The van der Waals surface area contributed by atoms with E-state index in [4.69, 9.17) is 9.47 Å². The molecule has 0 radical (unpaired) electrons. The highest BCUT2D eigenvalue weighted by Crippen LogP contribution is 2.35. The fourth-order valence-corrected chi connectivity index (χ4v) is 3.56. The highest BCUT2D eigenvalue weighted by Gasteiger charge is 2.34. The van der Waals surface area contributed by atoms with Gasteiger partial charge < -0.3 is 25.0 Å².